The Morgan fingerprint density at radius 1 is 1.14 bits per heavy atom. The Hall–Kier alpha value is -4.18. The Morgan fingerprint density at radius 3 is 2.50 bits per heavy atom. The molecule has 1 aliphatic heterocycles. The molecule has 2 aliphatic carbocycles. The van der Waals surface area contributed by atoms with Gasteiger partial charge < -0.3 is 30.0 Å². The lowest BCUT2D eigenvalue weighted by atomic mass is 9.76. The van der Waals surface area contributed by atoms with Crippen molar-refractivity contribution in [2.24, 2.45) is 0 Å². The summed E-state index contributed by atoms with van der Waals surface area (Å²) in [5.74, 6) is 0.458. The number of ether oxygens (including phenoxy) is 3. The Labute approximate surface area is 257 Å². The lowest BCUT2D eigenvalue weighted by Gasteiger charge is -2.41. The number of halogens is 1. The maximum atomic E-state index is 13.8. The van der Waals surface area contributed by atoms with Gasteiger partial charge in [0.2, 0.25) is 5.91 Å². The summed E-state index contributed by atoms with van der Waals surface area (Å²) in [5.41, 5.74) is -0.854. The highest BCUT2D eigenvalue weighted by Crippen LogP contribution is 2.46. The number of aromatic nitrogens is 1. The Kier molecular flexibility index (Phi) is 7.52. The van der Waals surface area contributed by atoms with Gasteiger partial charge in [0.15, 0.2) is 11.5 Å². The van der Waals surface area contributed by atoms with Gasteiger partial charge in [-0.1, -0.05) is 0 Å². The third-order valence-electron chi connectivity index (χ3n) is 8.95. The molecule has 2 heterocycles. The van der Waals surface area contributed by atoms with E-state index in [-0.39, 0.29) is 37.8 Å². The Bertz CT molecular complexity index is 1610. The van der Waals surface area contributed by atoms with Crippen molar-refractivity contribution in [3.63, 3.8) is 0 Å². The molecule has 2 fully saturated rings. The standard InChI is InChI=1S/C34H38FN3O6.H2/c1-32(14-5-15-32)38-31(40)33(2)19-43-29-24(33)17-27(37-28(29)20-6-9-22(35)10-7-20)34(3,41)18-36-30(39)21-8-13-25(26(16-21)42-4)44-23-11-12-23;/h6-10,13,16-17,23,41H,5,11-12,14-15,18-19H2,1-4H3,(H,36,39)(H,38,40);1H/t33-,34-;/m0./s1. The summed E-state index contributed by atoms with van der Waals surface area (Å²) in [6.07, 6.45) is 5.04. The van der Waals surface area contributed by atoms with Crippen LogP contribution in [-0.4, -0.2) is 53.8 Å². The molecule has 2 atom stereocenters. The first-order valence-corrected chi connectivity index (χ1v) is 15.0. The molecule has 1 aromatic heterocycles. The number of carbonyl (C=O) groups excluding carboxylic acids is 2. The summed E-state index contributed by atoms with van der Waals surface area (Å²) < 4.78 is 31.2. The number of amides is 2. The number of aliphatic hydroxyl groups is 1. The molecule has 0 radical (unpaired) electrons. The first-order valence-electron chi connectivity index (χ1n) is 15.0. The first-order chi connectivity index (χ1) is 20.9. The van der Waals surface area contributed by atoms with Gasteiger partial charge in [-0.25, -0.2) is 9.37 Å². The molecule has 10 heteroatoms. The van der Waals surface area contributed by atoms with Crippen LogP contribution in [0.4, 0.5) is 4.39 Å². The molecule has 2 amide bonds. The van der Waals surface area contributed by atoms with Crippen LogP contribution in [0.1, 0.15) is 75.9 Å². The SMILES string of the molecule is COc1cc(C(=O)NC[C@](C)(O)c2cc3c(c(-c4ccc(F)cc4)n2)OC[C@]3(C)C(=O)NC2(C)CCC2)ccc1OC1CC1.[HH]. The van der Waals surface area contributed by atoms with Crippen LogP contribution >= 0.6 is 0 Å². The lowest BCUT2D eigenvalue weighted by molar-refractivity contribution is -0.129. The second-order valence-electron chi connectivity index (χ2n) is 12.9. The summed E-state index contributed by atoms with van der Waals surface area (Å²) in [4.78, 5) is 31.6. The number of pyridine rings is 1. The van der Waals surface area contributed by atoms with E-state index in [4.69, 9.17) is 19.2 Å². The zero-order valence-electron chi connectivity index (χ0n) is 25.5. The fourth-order valence-electron chi connectivity index (χ4n) is 5.61. The van der Waals surface area contributed by atoms with Crippen LogP contribution in [0, 0.1) is 5.82 Å². The molecule has 2 aromatic carbocycles. The van der Waals surface area contributed by atoms with E-state index >= 15 is 0 Å². The quantitative estimate of drug-likeness (QED) is 0.297. The van der Waals surface area contributed by atoms with Crippen LogP contribution in [-0.2, 0) is 15.8 Å². The lowest BCUT2D eigenvalue weighted by Crippen LogP contribution is -2.56. The van der Waals surface area contributed by atoms with Crippen LogP contribution in [0.2, 0.25) is 0 Å². The summed E-state index contributed by atoms with van der Waals surface area (Å²) >= 11 is 0. The summed E-state index contributed by atoms with van der Waals surface area (Å²) in [5, 5.41) is 17.7. The van der Waals surface area contributed by atoms with E-state index in [0.717, 1.165) is 32.1 Å². The number of hydrogen-bond donors (Lipinski definition) is 3. The molecule has 6 rings (SSSR count). The highest BCUT2D eigenvalue weighted by atomic mass is 19.1. The van der Waals surface area contributed by atoms with Gasteiger partial charge in [-0.15, -0.1) is 0 Å². The maximum absolute atomic E-state index is 13.8. The summed E-state index contributed by atoms with van der Waals surface area (Å²) in [6.45, 7) is 5.31. The van der Waals surface area contributed by atoms with Gasteiger partial charge >= 0.3 is 0 Å². The molecular weight excluding hydrogens is 565 g/mol. The van der Waals surface area contributed by atoms with Gasteiger partial charge in [-0.2, -0.15) is 0 Å². The number of fused-ring (bicyclic) bond motifs is 1. The van der Waals surface area contributed by atoms with E-state index in [0.29, 0.717) is 39.6 Å². The average Bonchev–Trinajstić information content (AvgIpc) is 3.75. The predicted molar refractivity (Wildman–Crippen MR) is 164 cm³/mol. The number of nitrogens with one attached hydrogen (secondary N) is 2. The van der Waals surface area contributed by atoms with Gasteiger partial charge in [-0.3, -0.25) is 9.59 Å². The van der Waals surface area contributed by atoms with Crippen molar-refractivity contribution in [2.75, 3.05) is 20.3 Å². The molecule has 0 spiro atoms. The zero-order valence-corrected chi connectivity index (χ0v) is 25.5. The number of benzene rings is 2. The molecular formula is C34H40FN3O6. The molecule has 3 N–H and O–H groups in total. The zero-order chi connectivity index (χ0) is 31.3. The van der Waals surface area contributed by atoms with Gasteiger partial charge in [0.25, 0.3) is 5.91 Å². The minimum atomic E-state index is -1.64. The predicted octanol–water partition coefficient (Wildman–Crippen LogP) is 5.03. The number of rotatable bonds is 10. The fourth-order valence-corrected chi connectivity index (χ4v) is 5.61. The van der Waals surface area contributed by atoms with Crippen molar-refractivity contribution >= 4 is 11.8 Å². The van der Waals surface area contributed by atoms with Crippen LogP contribution in [0.25, 0.3) is 11.3 Å². The molecule has 44 heavy (non-hydrogen) atoms. The normalized spacial score (nSPS) is 21.2. The second-order valence-corrected chi connectivity index (χ2v) is 12.9. The minimum Gasteiger partial charge on any atom is -0.493 e. The van der Waals surface area contributed by atoms with Crippen molar-refractivity contribution in [1.82, 2.24) is 15.6 Å². The molecule has 3 aromatic rings. The van der Waals surface area contributed by atoms with Gasteiger partial charge in [-0.05, 0) is 101 Å². The van der Waals surface area contributed by atoms with Crippen LogP contribution in [0.5, 0.6) is 17.2 Å². The van der Waals surface area contributed by atoms with E-state index < -0.39 is 22.7 Å². The third-order valence-corrected chi connectivity index (χ3v) is 8.95. The molecule has 2 saturated carbocycles. The number of hydrogen-bond acceptors (Lipinski definition) is 7. The molecule has 0 saturated heterocycles. The highest BCUT2D eigenvalue weighted by molar-refractivity contribution is 5.95. The molecule has 0 bridgehead atoms. The monoisotopic (exact) mass is 605 g/mol. The largest absolute Gasteiger partial charge is 0.493 e. The minimum absolute atomic E-state index is 0. The summed E-state index contributed by atoms with van der Waals surface area (Å²) in [6, 6.07) is 12.4. The molecule has 3 aliphatic rings. The Morgan fingerprint density at radius 2 is 1.86 bits per heavy atom. The highest BCUT2D eigenvalue weighted by Gasteiger charge is 2.48. The van der Waals surface area contributed by atoms with Crippen molar-refractivity contribution in [1.29, 1.82) is 0 Å². The van der Waals surface area contributed by atoms with Gasteiger partial charge in [0.05, 0.1) is 25.5 Å². The summed E-state index contributed by atoms with van der Waals surface area (Å²) in [7, 11) is 1.52. The molecule has 234 valence electrons. The van der Waals surface area contributed by atoms with Gasteiger partial charge in [0.1, 0.15) is 34.9 Å². The van der Waals surface area contributed by atoms with Crippen LogP contribution in [0.3, 0.4) is 0 Å². The van der Waals surface area contributed by atoms with Crippen molar-refractivity contribution in [3.05, 3.63) is 71.2 Å². The van der Waals surface area contributed by atoms with E-state index in [1.54, 1.807) is 43.3 Å². The van der Waals surface area contributed by atoms with Crippen molar-refractivity contribution in [2.45, 2.75) is 75.5 Å². The van der Waals surface area contributed by atoms with Crippen molar-refractivity contribution < 1.29 is 34.7 Å². The number of carbonyl (C=O) groups is 2. The molecule has 9 nitrogen and oxygen atoms in total. The number of methoxy groups -OCH3 is 1. The van der Waals surface area contributed by atoms with E-state index in [1.807, 2.05) is 13.8 Å². The van der Waals surface area contributed by atoms with Crippen molar-refractivity contribution in [3.8, 4) is 28.5 Å². The van der Waals surface area contributed by atoms with Crippen LogP contribution < -0.4 is 24.8 Å². The van der Waals surface area contributed by atoms with E-state index in [1.165, 1.54) is 19.2 Å². The fraction of sp³-hybridized carbons (Fsp3) is 0.441. The second kappa shape index (κ2) is 11.1. The number of nitrogens with zero attached hydrogens (tertiary/aromatic N) is 1. The van der Waals surface area contributed by atoms with Gasteiger partial charge in [0, 0.05) is 23.7 Å². The maximum Gasteiger partial charge on any atom is 0.251 e. The Balaban J connectivity index is 0.00000400. The third kappa shape index (κ3) is 5.70. The molecule has 0 unspecified atom stereocenters. The topological polar surface area (TPSA) is 119 Å². The van der Waals surface area contributed by atoms with Crippen LogP contribution in [0.15, 0.2) is 48.5 Å². The van der Waals surface area contributed by atoms with E-state index in [9.17, 15) is 19.1 Å². The van der Waals surface area contributed by atoms with E-state index in [2.05, 4.69) is 10.6 Å². The first kappa shape index (κ1) is 29.9. The average molecular weight is 606 g/mol. The smallest absolute Gasteiger partial charge is 0.251 e.